The van der Waals surface area contributed by atoms with E-state index in [9.17, 15) is 0 Å². The molecule has 1 N–H and O–H groups in total. The molecule has 268 valence electrons. The molecule has 0 bridgehead atoms. The Bertz CT molecular complexity index is 3430. The maximum Gasteiger partial charge on any atom is 0.159 e. The van der Waals surface area contributed by atoms with Gasteiger partial charge in [-0.25, -0.2) is 9.98 Å². The number of hydrogen-bond donors (Lipinski definition) is 1. The number of furan rings is 1. The van der Waals surface area contributed by atoms with Crippen molar-refractivity contribution in [3.8, 4) is 11.4 Å². The van der Waals surface area contributed by atoms with E-state index in [2.05, 4.69) is 166 Å². The van der Waals surface area contributed by atoms with Gasteiger partial charge in [-0.15, -0.1) is 0 Å². The van der Waals surface area contributed by atoms with Gasteiger partial charge in [-0.2, -0.15) is 0 Å². The molecule has 11 aromatic rings. The molecule has 0 saturated carbocycles. The van der Waals surface area contributed by atoms with E-state index in [1.807, 2.05) is 36.4 Å². The largest absolute Gasteiger partial charge is 0.456 e. The zero-order valence-corrected chi connectivity index (χ0v) is 30.7. The van der Waals surface area contributed by atoms with Crippen LogP contribution in [0.25, 0.3) is 76.9 Å². The highest BCUT2D eigenvalue weighted by molar-refractivity contribution is 6.26. The first kappa shape index (κ1) is 31.6. The number of nitrogens with one attached hydrogen (secondary N) is 1. The van der Waals surface area contributed by atoms with Gasteiger partial charge in [0.05, 0.1) is 22.1 Å². The van der Waals surface area contributed by atoms with Crippen LogP contribution in [-0.4, -0.2) is 20.8 Å². The fraction of sp³-hybridized carbons (Fsp3) is 0.0196. The van der Waals surface area contributed by atoms with Crippen LogP contribution in [0.2, 0.25) is 0 Å². The first-order valence-electron chi connectivity index (χ1n) is 19.3. The molecule has 1 unspecified atom stereocenters. The Morgan fingerprint density at radius 3 is 1.88 bits per heavy atom. The van der Waals surface area contributed by atoms with Crippen molar-refractivity contribution in [3.05, 3.63) is 205 Å². The molecule has 1 atom stereocenters. The Morgan fingerprint density at radius 2 is 1.09 bits per heavy atom. The Labute approximate surface area is 327 Å². The molecule has 57 heavy (non-hydrogen) atoms. The molecule has 1 aliphatic heterocycles. The van der Waals surface area contributed by atoms with Gasteiger partial charge in [-0.05, 0) is 60.2 Å². The van der Waals surface area contributed by atoms with Crippen LogP contribution in [0, 0.1) is 0 Å². The van der Waals surface area contributed by atoms with Crippen molar-refractivity contribution in [3.63, 3.8) is 0 Å². The van der Waals surface area contributed by atoms with Gasteiger partial charge in [0.1, 0.15) is 23.2 Å². The van der Waals surface area contributed by atoms with E-state index in [1.54, 1.807) is 0 Å². The van der Waals surface area contributed by atoms with Gasteiger partial charge in [-0.1, -0.05) is 127 Å². The highest BCUT2D eigenvalue weighted by Crippen LogP contribution is 2.42. The minimum atomic E-state index is -0.274. The highest BCUT2D eigenvalue weighted by Gasteiger charge is 2.23. The number of para-hydroxylation sites is 3. The normalized spacial score (nSPS) is 14.5. The van der Waals surface area contributed by atoms with E-state index < -0.39 is 0 Å². The summed E-state index contributed by atoms with van der Waals surface area (Å²) in [6, 6.07) is 66.1. The van der Waals surface area contributed by atoms with E-state index in [-0.39, 0.29) is 6.17 Å². The minimum absolute atomic E-state index is 0.274. The van der Waals surface area contributed by atoms with Crippen LogP contribution in [0.5, 0.6) is 0 Å². The minimum Gasteiger partial charge on any atom is -0.456 e. The molecule has 4 heterocycles. The Balaban J connectivity index is 1.03. The van der Waals surface area contributed by atoms with Gasteiger partial charge in [-0.3, -0.25) is 0 Å². The van der Waals surface area contributed by atoms with Crippen LogP contribution in [-0.2, 0) is 0 Å². The number of aromatic nitrogens is 2. The van der Waals surface area contributed by atoms with Crippen LogP contribution in [0.1, 0.15) is 22.9 Å². The summed E-state index contributed by atoms with van der Waals surface area (Å²) in [6.07, 6.45) is -0.274. The molecule has 0 fully saturated rings. The number of amidine groups is 2. The molecule has 0 amide bonds. The molecular formula is C51H33N5O. The molecule has 3 aromatic heterocycles. The maximum atomic E-state index is 6.72. The molecule has 6 nitrogen and oxygen atoms in total. The number of benzene rings is 8. The van der Waals surface area contributed by atoms with Crippen molar-refractivity contribution in [1.29, 1.82) is 0 Å². The van der Waals surface area contributed by atoms with Crippen LogP contribution < -0.4 is 5.32 Å². The van der Waals surface area contributed by atoms with Crippen molar-refractivity contribution < 1.29 is 4.42 Å². The molecule has 12 rings (SSSR count). The molecular weight excluding hydrogens is 699 g/mol. The topological polar surface area (TPSA) is 59.8 Å². The van der Waals surface area contributed by atoms with Gasteiger partial charge in [0.15, 0.2) is 5.84 Å². The second kappa shape index (κ2) is 12.4. The van der Waals surface area contributed by atoms with Gasteiger partial charge < -0.3 is 18.9 Å². The summed E-state index contributed by atoms with van der Waals surface area (Å²) in [5.74, 6) is 1.45. The number of rotatable bonds is 5. The quantitative estimate of drug-likeness (QED) is 0.192. The third-order valence-electron chi connectivity index (χ3n) is 11.4. The third-order valence-corrected chi connectivity index (χ3v) is 11.4. The number of nitrogens with zero attached hydrogens (tertiary/aromatic N) is 4. The number of fused-ring (bicyclic) bond motifs is 10. The second-order valence-electron chi connectivity index (χ2n) is 14.6. The zero-order chi connectivity index (χ0) is 37.5. The predicted octanol–water partition coefficient (Wildman–Crippen LogP) is 12.3. The molecule has 0 radical (unpaired) electrons. The van der Waals surface area contributed by atoms with Gasteiger partial charge in [0.2, 0.25) is 0 Å². The lowest BCUT2D eigenvalue weighted by atomic mass is 10.1. The molecule has 8 aromatic carbocycles. The second-order valence-corrected chi connectivity index (χ2v) is 14.6. The molecule has 6 heteroatoms. The van der Waals surface area contributed by atoms with E-state index in [1.165, 1.54) is 32.6 Å². The van der Waals surface area contributed by atoms with Crippen LogP contribution in [0.3, 0.4) is 0 Å². The van der Waals surface area contributed by atoms with Crippen LogP contribution in [0.15, 0.2) is 202 Å². The maximum absolute atomic E-state index is 6.72. The molecule has 0 saturated heterocycles. The van der Waals surface area contributed by atoms with E-state index >= 15 is 0 Å². The van der Waals surface area contributed by atoms with Gasteiger partial charge in [0, 0.05) is 60.9 Å². The summed E-state index contributed by atoms with van der Waals surface area (Å²) in [7, 11) is 0. The molecule has 0 aliphatic carbocycles. The Hall–Kier alpha value is -7.70. The summed E-state index contributed by atoms with van der Waals surface area (Å²) < 4.78 is 11.5. The smallest absolute Gasteiger partial charge is 0.159 e. The predicted molar refractivity (Wildman–Crippen MR) is 234 cm³/mol. The van der Waals surface area contributed by atoms with E-state index in [0.717, 1.165) is 66.9 Å². The fourth-order valence-electron chi connectivity index (χ4n) is 8.80. The standard InChI is InChI=1S/C51H33N5O/c1-4-14-32(15-5-1)49-52-50(33-16-6-2-7-17-33)54-51(53-49)34-24-26-38-39-27-25-36(31-46(39)57-45(38)30-34)55-43-23-13-11-21-41(43)47-44(55)29-28-40-37-20-10-12-22-42(37)56(48(40)47)35-18-8-3-9-19-35/h1-31,49H,(H,52,53,54). The zero-order valence-electron chi connectivity index (χ0n) is 30.7. The van der Waals surface area contributed by atoms with E-state index in [0.29, 0.717) is 5.84 Å². The van der Waals surface area contributed by atoms with E-state index in [4.69, 9.17) is 14.4 Å². The lowest BCUT2D eigenvalue weighted by Crippen LogP contribution is -2.33. The Morgan fingerprint density at radius 1 is 0.456 bits per heavy atom. The summed E-state index contributed by atoms with van der Waals surface area (Å²) in [5.41, 5.74) is 11.5. The first-order valence-corrected chi connectivity index (χ1v) is 19.3. The first-order chi connectivity index (χ1) is 28.3. The molecule has 0 spiro atoms. The monoisotopic (exact) mass is 731 g/mol. The van der Waals surface area contributed by atoms with Crippen LogP contribution in [0.4, 0.5) is 0 Å². The number of aliphatic imine (C=N–C) groups is 2. The summed E-state index contributed by atoms with van der Waals surface area (Å²) in [6.45, 7) is 0. The SMILES string of the molecule is c1ccc(C2=NC(c3ccc4c(c3)oc3cc(-n5c6ccccc6c6c5ccc5c7ccccc7n(-c7ccccc7)c56)ccc34)=NC(c3ccccc3)N2)cc1. The lowest BCUT2D eigenvalue weighted by Gasteiger charge is -2.23. The van der Waals surface area contributed by atoms with Crippen molar-refractivity contribution >= 4 is 77.2 Å². The number of hydrogen-bond acceptors (Lipinski definition) is 4. The lowest BCUT2D eigenvalue weighted by molar-refractivity contribution is 0.667. The molecule has 1 aliphatic rings. The van der Waals surface area contributed by atoms with Crippen molar-refractivity contribution in [2.24, 2.45) is 9.98 Å². The Kier molecular flexibility index (Phi) is 6.89. The van der Waals surface area contributed by atoms with Crippen LogP contribution >= 0.6 is 0 Å². The third kappa shape index (κ3) is 4.90. The fourth-order valence-corrected chi connectivity index (χ4v) is 8.80. The van der Waals surface area contributed by atoms with Gasteiger partial charge in [0.25, 0.3) is 0 Å². The highest BCUT2D eigenvalue weighted by atomic mass is 16.3. The summed E-state index contributed by atoms with van der Waals surface area (Å²) >= 11 is 0. The van der Waals surface area contributed by atoms with Crippen molar-refractivity contribution in [1.82, 2.24) is 14.5 Å². The van der Waals surface area contributed by atoms with Crippen molar-refractivity contribution in [2.45, 2.75) is 6.17 Å². The summed E-state index contributed by atoms with van der Waals surface area (Å²) in [4.78, 5) is 10.1. The van der Waals surface area contributed by atoms with Gasteiger partial charge >= 0.3 is 0 Å². The average molecular weight is 732 g/mol. The summed E-state index contributed by atoms with van der Waals surface area (Å²) in [5, 5.41) is 10.6. The average Bonchev–Trinajstić information content (AvgIpc) is 3.94. The van der Waals surface area contributed by atoms with Crippen molar-refractivity contribution in [2.75, 3.05) is 0 Å².